The largest absolute Gasteiger partial charge is 0.392 e. The van der Waals surface area contributed by atoms with Crippen LogP contribution in [0.2, 0.25) is 0 Å². The first kappa shape index (κ1) is 19.4. The minimum Gasteiger partial charge on any atom is -0.392 e. The molecule has 2 saturated heterocycles. The lowest BCUT2D eigenvalue weighted by Crippen LogP contribution is -2.88. The summed E-state index contributed by atoms with van der Waals surface area (Å²) in [6.07, 6.45) is -3.14. The van der Waals surface area contributed by atoms with Crippen LogP contribution in [0.1, 0.15) is 39.5 Å². The average Bonchev–Trinajstić information content (AvgIpc) is 2.75. The molecule has 7 nitrogen and oxygen atoms in total. The van der Waals surface area contributed by atoms with E-state index in [0.29, 0.717) is 31.3 Å². The highest BCUT2D eigenvalue weighted by molar-refractivity contribution is 5.38. The van der Waals surface area contributed by atoms with Crippen LogP contribution in [0.25, 0.3) is 0 Å². The SMILES string of the molecule is C=C1[C@@H](O)[C@]23[C@H](O)[C@H]1CC[C@H]2[C@@]12[C@H](OC)O[C@]3(O)[C@@H](O)[C@@H]1C(C)(C)CC[C@@H]2O. The fraction of sp³-hybridized carbons (Fsp3) is 0.905. The van der Waals surface area contributed by atoms with Crippen LogP contribution in [-0.2, 0) is 9.47 Å². The molecule has 0 radical (unpaired) electrons. The van der Waals surface area contributed by atoms with Gasteiger partial charge >= 0.3 is 0 Å². The first-order valence-corrected chi connectivity index (χ1v) is 10.4. The van der Waals surface area contributed by atoms with Crippen molar-refractivity contribution in [3.63, 3.8) is 0 Å². The number of ether oxygens (including phenoxy) is 2. The van der Waals surface area contributed by atoms with Crippen LogP contribution in [0, 0.1) is 34.0 Å². The lowest BCUT2D eigenvalue weighted by Gasteiger charge is -2.77. The van der Waals surface area contributed by atoms with Crippen molar-refractivity contribution in [1.29, 1.82) is 0 Å². The molecule has 158 valence electrons. The summed E-state index contributed by atoms with van der Waals surface area (Å²) >= 11 is 0. The van der Waals surface area contributed by atoms with E-state index in [1.165, 1.54) is 7.11 Å². The minimum atomic E-state index is -2.20. The van der Waals surface area contributed by atoms with E-state index in [1.807, 2.05) is 13.8 Å². The van der Waals surface area contributed by atoms with Crippen molar-refractivity contribution in [1.82, 2.24) is 0 Å². The van der Waals surface area contributed by atoms with Crippen molar-refractivity contribution >= 4 is 0 Å². The van der Waals surface area contributed by atoms with Gasteiger partial charge in [0.2, 0.25) is 5.79 Å². The Morgan fingerprint density at radius 1 is 1.07 bits per heavy atom. The molecule has 0 unspecified atom stereocenters. The molecule has 6 aliphatic rings. The number of hydrogen-bond donors (Lipinski definition) is 5. The second-order valence-electron chi connectivity index (χ2n) is 10.4. The van der Waals surface area contributed by atoms with Crippen molar-refractivity contribution in [2.24, 2.45) is 34.0 Å². The monoisotopic (exact) mass is 396 g/mol. The van der Waals surface area contributed by atoms with Crippen LogP contribution in [0.5, 0.6) is 0 Å². The molecule has 0 amide bonds. The van der Waals surface area contributed by atoms with Gasteiger partial charge in [-0.05, 0) is 42.6 Å². The van der Waals surface area contributed by atoms with Gasteiger partial charge in [-0.2, -0.15) is 0 Å². The summed E-state index contributed by atoms with van der Waals surface area (Å²) < 4.78 is 11.7. The predicted octanol–water partition coefficient (Wildman–Crippen LogP) is 0.140. The summed E-state index contributed by atoms with van der Waals surface area (Å²) in [6.45, 7) is 8.05. The minimum absolute atomic E-state index is 0.366. The summed E-state index contributed by atoms with van der Waals surface area (Å²) in [5.74, 6) is -3.55. The quantitative estimate of drug-likeness (QED) is 0.400. The molecule has 4 aliphatic carbocycles. The molecule has 0 aromatic heterocycles. The van der Waals surface area contributed by atoms with Crippen LogP contribution < -0.4 is 0 Å². The van der Waals surface area contributed by atoms with Crippen molar-refractivity contribution < 1.29 is 35.0 Å². The van der Waals surface area contributed by atoms with Gasteiger partial charge in [0.1, 0.15) is 6.10 Å². The third kappa shape index (κ3) is 1.64. The summed E-state index contributed by atoms with van der Waals surface area (Å²) in [5.41, 5.74) is -2.50. The maximum absolute atomic E-state index is 11.9. The molecular weight excluding hydrogens is 364 g/mol. The molecule has 2 heterocycles. The fourth-order valence-corrected chi connectivity index (χ4v) is 8.44. The van der Waals surface area contributed by atoms with Crippen LogP contribution in [-0.4, -0.2) is 69.1 Å². The molecular formula is C21H32O7. The Morgan fingerprint density at radius 3 is 2.39 bits per heavy atom. The first-order valence-electron chi connectivity index (χ1n) is 10.4. The zero-order chi connectivity index (χ0) is 20.4. The Hall–Kier alpha value is -0.540. The molecule has 7 heteroatoms. The zero-order valence-corrected chi connectivity index (χ0v) is 16.7. The molecule has 0 aromatic carbocycles. The van der Waals surface area contributed by atoms with E-state index >= 15 is 0 Å². The van der Waals surface area contributed by atoms with Gasteiger partial charge in [-0.25, -0.2) is 0 Å². The standard InChI is InChI=1S/C21H32O7/c1-9-10-5-6-11-19-12(22)7-8-18(2,3)13(19)16(25)21(26,28-17(19)27-4)20(11,14(9)23)15(10)24/h10-17,22-26H,1,5-8H2,2-4H3/t10-,11-,12-,13+,14+,15+,16-,17+,19-,20-,21+/m0/s1. The van der Waals surface area contributed by atoms with Crippen molar-refractivity contribution in [3.8, 4) is 0 Å². The summed E-state index contributed by atoms with van der Waals surface area (Å²) in [5, 5.41) is 57.3. The molecule has 11 atom stereocenters. The van der Waals surface area contributed by atoms with E-state index in [9.17, 15) is 25.5 Å². The number of hydrogen-bond acceptors (Lipinski definition) is 7. The Balaban J connectivity index is 1.83. The molecule has 4 bridgehead atoms. The van der Waals surface area contributed by atoms with E-state index in [2.05, 4.69) is 6.58 Å². The van der Waals surface area contributed by atoms with E-state index in [-0.39, 0.29) is 5.92 Å². The Labute approximate surface area is 165 Å². The van der Waals surface area contributed by atoms with Crippen LogP contribution in [0.3, 0.4) is 0 Å². The van der Waals surface area contributed by atoms with Crippen LogP contribution in [0.4, 0.5) is 0 Å². The smallest absolute Gasteiger partial charge is 0.206 e. The van der Waals surface area contributed by atoms with Crippen molar-refractivity contribution in [2.45, 2.75) is 76.0 Å². The van der Waals surface area contributed by atoms with E-state index in [1.54, 1.807) is 0 Å². The summed E-state index contributed by atoms with van der Waals surface area (Å²) in [4.78, 5) is 0. The second kappa shape index (κ2) is 5.38. The molecule has 2 spiro atoms. The number of methoxy groups -OCH3 is 1. The van der Waals surface area contributed by atoms with Gasteiger partial charge < -0.3 is 35.0 Å². The highest BCUT2D eigenvalue weighted by atomic mass is 16.8. The molecule has 0 aromatic rings. The molecule has 28 heavy (non-hydrogen) atoms. The van der Waals surface area contributed by atoms with E-state index in [0.717, 1.165) is 0 Å². The highest BCUT2D eigenvalue weighted by Gasteiger charge is 2.88. The van der Waals surface area contributed by atoms with Crippen molar-refractivity contribution in [3.05, 3.63) is 12.2 Å². The molecule has 4 saturated carbocycles. The van der Waals surface area contributed by atoms with E-state index < -0.39 is 64.6 Å². The van der Waals surface area contributed by atoms with Gasteiger partial charge in [0.05, 0.1) is 29.1 Å². The number of aliphatic hydroxyl groups excluding tert-OH is 4. The maximum atomic E-state index is 11.9. The van der Waals surface area contributed by atoms with Gasteiger partial charge in [-0.3, -0.25) is 0 Å². The van der Waals surface area contributed by atoms with Crippen LogP contribution in [0.15, 0.2) is 12.2 Å². The molecule has 2 aliphatic heterocycles. The summed E-state index contributed by atoms with van der Waals surface area (Å²) in [6, 6.07) is 0. The van der Waals surface area contributed by atoms with Gasteiger partial charge in [-0.15, -0.1) is 0 Å². The van der Waals surface area contributed by atoms with Gasteiger partial charge in [0.25, 0.3) is 0 Å². The van der Waals surface area contributed by atoms with Gasteiger partial charge in [0, 0.05) is 18.9 Å². The molecule has 6 fully saturated rings. The number of aliphatic hydroxyl groups is 5. The topological polar surface area (TPSA) is 120 Å². The maximum Gasteiger partial charge on any atom is 0.206 e. The second-order valence-corrected chi connectivity index (χ2v) is 10.4. The lowest BCUT2D eigenvalue weighted by atomic mass is 9.35. The van der Waals surface area contributed by atoms with Gasteiger partial charge in [-0.1, -0.05) is 20.4 Å². The van der Waals surface area contributed by atoms with Crippen molar-refractivity contribution in [2.75, 3.05) is 7.11 Å². The number of fused-ring (bicyclic) bond motifs is 2. The third-order valence-corrected chi connectivity index (χ3v) is 9.36. The number of rotatable bonds is 1. The van der Waals surface area contributed by atoms with E-state index in [4.69, 9.17) is 9.47 Å². The normalized spacial score (nSPS) is 61.8. The highest BCUT2D eigenvalue weighted by Crippen LogP contribution is 2.78. The Kier molecular flexibility index (Phi) is 3.73. The first-order chi connectivity index (χ1) is 13.0. The third-order valence-electron chi connectivity index (χ3n) is 9.36. The average molecular weight is 396 g/mol. The zero-order valence-electron chi connectivity index (χ0n) is 16.7. The Morgan fingerprint density at radius 2 is 1.75 bits per heavy atom. The predicted molar refractivity (Wildman–Crippen MR) is 97.6 cm³/mol. The van der Waals surface area contributed by atoms with Gasteiger partial charge in [0.15, 0.2) is 6.29 Å². The molecule has 6 rings (SSSR count). The lowest BCUT2D eigenvalue weighted by molar-refractivity contribution is -0.524. The Bertz CT molecular complexity index is 724. The summed E-state index contributed by atoms with van der Waals surface area (Å²) in [7, 11) is 1.47. The molecule has 5 N–H and O–H groups in total. The van der Waals surface area contributed by atoms with Crippen LogP contribution >= 0.6 is 0 Å². The fourth-order valence-electron chi connectivity index (χ4n) is 8.44.